The molecule has 0 radical (unpaired) electrons. The second-order valence-electron chi connectivity index (χ2n) is 8.95. The molecule has 8 nitrogen and oxygen atoms in total. The predicted molar refractivity (Wildman–Crippen MR) is 136 cm³/mol. The maximum atomic E-state index is 13.3. The summed E-state index contributed by atoms with van der Waals surface area (Å²) >= 11 is 0. The van der Waals surface area contributed by atoms with Crippen LogP contribution in [0.1, 0.15) is 36.9 Å². The van der Waals surface area contributed by atoms with Crippen molar-refractivity contribution in [2.24, 2.45) is 0 Å². The third-order valence-electron chi connectivity index (χ3n) is 6.53. The van der Waals surface area contributed by atoms with Crippen molar-refractivity contribution >= 4 is 17.4 Å². The fraction of sp³-hybridized carbons (Fsp3) is 0.429. The molecule has 2 aliphatic rings. The van der Waals surface area contributed by atoms with Gasteiger partial charge in [0.25, 0.3) is 11.7 Å². The van der Waals surface area contributed by atoms with Crippen molar-refractivity contribution in [1.29, 1.82) is 0 Å². The summed E-state index contributed by atoms with van der Waals surface area (Å²) in [5, 5.41) is 11.3. The summed E-state index contributed by atoms with van der Waals surface area (Å²) in [4.78, 5) is 30.3. The Morgan fingerprint density at radius 1 is 1.06 bits per heavy atom. The lowest BCUT2D eigenvalue weighted by atomic mass is 9.95. The lowest BCUT2D eigenvalue weighted by Crippen LogP contribution is -2.38. The first-order chi connectivity index (χ1) is 17.5. The molecule has 1 N–H and O–H groups in total. The van der Waals surface area contributed by atoms with E-state index in [1.807, 2.05) is 19.1 Å². The molecule has 0 aromatic heterocycles. The lowest BCUT2D eigenvalue weighted by molar-refractivity contribution is -0.140. The van der Waals surface area contributed by atoms with Gasteiger partial charge in [0.1, 0.15) is 17.3 Å². The number of nitrogens with zero attached hydrogens (tertiary/aromatic N) is 2. The van der Waals surface area contributed by atoms with Gasteiger partial charge < -0.3 is 24.2 Å². The van der Waals surface area contributed by atoms with E-state index < -0.39 is 17.7 Å². The van der Waals surface area contributed by atoms with Crippen LogP contribution in [-0.2, 0) is 14.3 Å². The van der Waals surface area contributed by atoms with Crippen LogP contribution in [-0.4, -0.2) is 79.7 Å². The topological polar surface area (TPSA) is 88.5 Å². The molecular formula is C28H34N2O6. The summed E-state index contributed by atoms with van der Waals surface area (Å²) < 4.78 is 16.4. The number of carbonyl (C=O) groups excluding carboxylic acids is 2. The summed E-state index contributed by atoms with van der Waals surface area (Å²) in [6.07, 6.45) is 1.56. The van der Waals surface area contributed by atoms with Gasteiger partial charge in [0.15, 0.2) is 0 Å². The molecule has 36 heavy (non-hydrogen) atoms. The molecular weight excluding hydrogens is 460 g/mol. The zero-order valence-electron chi connectivity index (χ0n) is 20.9. The number of aliphatic hydroxyl groups excluding tert-OH is 1. The summed E-state index contributed by atoms with van der Waals surface area (Å²) in [6, 6.07) is 13.5. The second-order valence-corrected chi connectivity index (χ2v) is 8.95. The number of hydrogen-bond acceptors (Lipinski definition) is 7. The smallest absolute Gasteiger partial charge is 0.295 e. The molecule has 1 unspecified atom stereocenters. The van der Waals surface area contributed by atoms with Crippen LogP contribution in [0.2, 0.25) is 0 Å². The second kappa shape index (κ2) is 12.1. The van der Waals surface area contributed by atoms with Gasteiger partial charge in [0.05, 0.1) is 38.5 Å². The number of Topliss-reactive ketones (excluding diaryl/α,β-unsaturated/α-hetero) is 1. The Hall–Kier alpha value is -3.36. The van der Waals surface area contributed by atoms with Gasteiger partial charge in [-0.15, -0.1) is 0 Å². The van der Waals surface area contributed by atoms with Crippen molar-refractivity contribution in [2.75, 3.05) is 53.1 Å². The number of morpholine rings is 1. The van der Waals surface area contributed by atoms with E-state index >= 15 is 0 Å². The van der Waals surface area contributed by atoms with E-state index in [-0.39, 0.29) is 11.3 Å². The molecule has 8 heteroatoms. The number of carbonyl (C=O) groups is 2. The zero-order chi connectivity index (χ0) is 25.5. The van der Waals surface area contributed by atoms with Crippen molar-refractivity contribution in [1.82, 2.24) is 9.80 Å². The Bertz CT molecular complexity index is 1090. The molecule has 2 aromatic rings. The molecule has 1 atom stereocenters. The van der Waals surface area contributed by atoms with Crippen LogP contribution in [0.15, 0.2) is 54.1 Å². The molecule has 0 saturated carbocycles. The maximum absolute atomic E-state index is 13.3. The van der Waals surface area contributed by atoms with Crippen LogP contribution in [0, 0.1) is 0 Å². The van der Waals surface area contributed by atoms with E-state index in [0.717, 1.165) is 31.6 Å². The van der Waals surface area contributed by atoms with Gasteiger partial charge in [-0.3, -0.25) is 14.5 Å². The minimum atomic E-state index is -0.694. The molecule has 192 valence electrons. The number of rotatable bonds is 10. The van der Waals surface area contributed by atoms with Gasteiger partial charge in [-0.25, -0.2) is 0 Å². The molecule has 2 heterocycles. The quantitative estimate of drug-likeness (QED) is 0.307. The van der Waals surface area contributed by atoms with Crippen LogP contribution in [0.25, 0.3) is 5.76 Å². The summed E-state index contributed by atoms with van der Waals surface area (Å²) in [5.41, 5.74) is 1.26. The molecule has 2 aliphatic heterocycles. The highest BCUT2D eigenvalue weighted by Gasteiger charge is 2.45. The fourth-order valence-corrected chi connectivity index (χ4v) is 4.64. The monoisotopic (exact) mass is 494 g/mol. The minimum Gasteiger partial charge on any atom is -0.507 e. The number of likely N-dealkylation sites (tertiary alicyclic amines) is 1. The zero-order valence-corrected chi connectivity index (χ0v) is 20.9. The molecule has 2 fully saturated rings. The van der Waals surface area contributed by atoms with Crippen LogP contribution in [0.5, 0.6) is 11.5 Å². The third-order valence-corrected chi connectivity index (χ3v) is 6.53. The normalized spacial score (nSPS) is 20.1. The van der Waals surface area contributed by atoms with Crippen LogP contribution in [0.4, 0.5) is 0 Å². The van der Waals surface area contributed by atoms with Crippen molar-refractivity contribution < 1.29 is 28.9 Å². The summed E-state index contributed by atoms with van der Waals surface area (Å²) in [5.74, 6) is -0.213. The highest BCUT2D eigenvalue weighted by Crippen LogP contribution is 2.40. The Labute approximate surface area is 212 Å². The Kier molecular flexibility index (Phi) is 8.61. The van der Waals surface area contributed by atoms with Crippen molar-refractivity contribution in [3.05, 3.63) is 65.2 Å². The number of ketones is 1. The SMILES string of the molecule is CCCOc1cccc(C(O)=C2C(=O)C(=O)N(CCCN3CCOCC3)C2c2ccc(OC)cc2)c1. The maximum Gasteiger partial charge on any atom is 0.295 e. The summed E-state index contributed by atoms with van der Waals surface area (Å²) in [6.45, 7) is 6.89. The van der Waals surface area contributed by atoms with E-state index in [4.69, 9.17) is 14.2 Å². The van der Waals surface area contributed by atoms with E-state index in [1.165, 1.54) is 0 Å². The summed E-state index contributed by atoms with van der Waals surface area (Å²) in [7, 11) is 1.58. The Morgan fingerprint density at radius 2 is 1.81 bits per heavy atom. The third kappa shape index (κ3) is 5.71. The average molecular weight is 495 g/mol. The molecule has 2 aromatic carbocycles. The number of amides is 1. The standard InChI is InChI=1S/C28H34N2O6/c1-3-16-36-23-7-4-6-21(19-23)26(31)24-25(20-8-10-22(34-2)11-9-20)30(28(33)27(24)32)13-5-12-29-14-17-35-18-15-29/h4,6-11,19,25,31H,3,5,12-18H2,1-2H3. The number of ether oxygens (including phenoxy) is 3. The molecule has 0 aliphatic carbocycles. The van der Waals surface area contributed by atoms with Crippen LogP contribution < -0.4 is 9.47 Å². The van der Waals surface area contributed by atoms with E-state index in [1.54, 1.807) is 48.4 Å². The lowest BCUT2D eigenvalue weighted by Gasteiger charge is -2.29. The molecule has 2 saturated heterocycles. The average Bonchev–Trinajstić information content (AvgIpc) is 3.17. The van der Waals surface area contributed by atoms with Gasteiger partial charge in [0.2, 0.25) is 0 Å². The van der Waals surface area contributed by atoms with E-state index in [0.29, 0.717) is 49.8 Å². The van der Waals surface area contributed by atoms with E-state index in [9.17, 15) is 14.7 Å². The van der Waals surface area contributed by atoms with E-state index in [2.05, 4.69) is 4.90 Å². The van der Waals surface area contributed by atoms with Crippen LogP contribution in [0.3, 0.4) is 0 Å². The van der Waals surface area contributed by atoms with Gasteiger partial charge >= 0.3 is 0 Å². The van der Waals surface area contributed by atoms with Gasteiger partial charge in [-0.05, 0) is 42.7 Å². The number of hydrogen-bond donors (Lipinski definition) is 1. The minimum absolute atomic E-state index is 0.0872. The van der Waals surface area contributed by atoms with Crippen LogP contribution >= 0.6 is 0 Å². The Balaban J connectivity index is 1.66. The first kappa shape index (κ1) is 25.7. The number of aliphatic hydroxyl groups is 1. The first-order valence-electron chi connectivity index (χ1n) is 12.5. The van der Waals surface area contributed by atoms with Gasteiger partial charge in [-0.2, -0.15) is 0 Å². The van der Waals surface area contributed by atoms with Gasteiger partial charge in [-0.1, -0.05) is 31.2 Å². The predicted octanol–water partition coefficient (Wildman–Crippen LogP) is 3.63. The van der Waals surface area contributed by atoms with Crippen molar-refractivity contribution in [3.63, 3.8) is 0 Å². The van der Waals surface area contributed by atoms with Gasteiger partial charge in [0, 0.05) is 31.7 Å². The number of methoxy groups -OCH3 is 1. The molecule has 4 rings (SSSR count). The highest BCUT2D eigenvalue weighted by atomic mass is 16.5. The van der Waals surface area contributed by atoms with Crippen molar-refractivity contribution in [2.45, 2.75) is 25.8 Å². The molecule has 0 spiro atoms. The first-order valence-corrected chi connectivity index (χ1v) is 12.5. The van der Waals surface area contributed by atoms with Crippen molar-refractivity contribution in [3.8, 4) is 11.5 Å². The molecule has 0 bridgehead atoms. The fourth-order valence-electron chi connectivity index (χ4n) is 4.64. The molecule has 1 amide bonds. The largest absolute Gasteiger partial charge is 0.507 e. The Morgan fingerprint density at radius 3 is 2.50 bits per heavy atom. The highest BCUT2D eigenvalue weighted by molar-refractivity contribution is 6.46. The number of benzene rings is 2.